The van der Waals surface area contributed by atoms with Gasteiger partial charge in [-0.1, -0.05) is 18.2 Å². The van der Waals surface area contributed by atoms with Crippen molar-refractivity contribution >= 4 is 17.5 Å². The van der Waals surface area contributed by atoms with Crippen molar-refractivity contribution < 1.29 is 13.9 Å². The Hall–Kier alpha value is -1.92. The van der Waals surface area contributed by atoms with Gasteiger partial charge in [0.1, 0.15) is 11.9 Å². The first-order valence-corrected chi connectivity index (χ1v) is 11.2. The van der Waals surface area contributed by atoms with Crippen molar-refractivity contribution in [2.75, 3.05) is 26.2 Å². The molecule has 30 heavy (non-hydrogen) atoms. The van der Waals surface area contributed by atoms with E-state index < -0.39 is 0 Å². The molecule has 0 radical (unpaired) electrons. The molecule has 1 aliphatic carbocycles. The summed E-state index contributed by atoms with van der Waals surface area (Å²) in [5.41, 5.74) is 1.22. The van der Waals surface area contributed by atoms with Crippen molar-refractivity contribution in [3.8, 4) is 5.88 Å². The van der Waals surface area contributed by atoms with Crippen LogP contribution in [0.3, 0.4) is 0 Å². The number of piperidine rings is 1. The molecular weight excluding hydrogens is 405 g/mol. The maximum atomic E-state index is 13.2. The van der Waals surface area contributed by atoms with Crippen LogP contribution in [0.15, 0.2) is 42.1 Å². The van der Waals surface area contributed by atoms with Crippen LogP contribution in [0.2, 0.25) is 0 Å². The normalized spacial score (nSPS) is 28.3. The highest BCUT2D eigenvalue weighted by atomic mass is 35.5. The van der Waals surface area contributed by atoms with Gasteiger partial charge in [0.25, 0.3) is 0 Å². The predicted octanol–water partition coefficient (Wildman–Crippen LogP) is 3.56. The highest BCUT2D eigenvalue weighted by molar-refractivity contribution is 6.22. The zero-order valence-electron chi connectivity index (χ0n) is 17.3. The van der Waals surface area contributed by atoms with Gasteiger partial charge in [0.15, 0.2) is 0 Å². The zero-order chi connectivity index (χ0) is 21.1. The van der Waals surface area contributed by atoms with E-state index in [1.54, 1.807) is 6.07 Å². The Bertz CT molecular complexity index is 807. The first kappa shape index (κ1) is 21.3. The maximum Gasteiger partial charge on any atom is 0.225 e. The first-order valence-electron chi connectivity index (χ1n) is 10.8. The van der Waals surface area contributed by atoms with Gasteiger partial charge < -0.3 is 15.0 Å². The molecule has 5 nitrogen and oxygen atoms in total. The van der Waals surface area contributed by atoms with Crippen LogP contribution in [-0.4, -0.2) is 53.5 Å². The van der Waals surface area contributed by atoms with E-state index in [2.05, 4.69) is 22.5 Å². The number of hydrogen-bond acceptors (Lipinski definition) is 4. The lowest BCUT2D eigenvalue weighted by Crippen LogP contribution is -2.40. The second-order valence-corrected chi connectivity index (χ2v) is 9.05. The topological polar surface area (TPSA) is 54.5 Å². The predicted molar refractivity (Wildman–Crippen MR) is 115 cm³/mol. The van der Waals surface area contributed by atoms with Gasteiger partial charge in [-0.25, -0.2) is 9.37 Å². The van der Waals surface area contributed by atoms with E-state index in [-0.39, 0.29) is 41.0 Å². The molecule has 3 heterocycles. The number of carbonyl (C=O) groups is 1. The molecule has 2 aliphatic heterocycles. The number of ether oxygens (including phenoxy) is 1. The van der Waals surface area contributed by atoms with Crippen molar-refractivity contribution in [2.24, 2.45) is 17.8 Å². The molecule has 4 rings (SSSR count). The summed E-state index contributed by atoms with van der Waals surface area (Å²) in [6.07, 6.45) is 9.90. The molecular formula is C23H29ClFN3O2. The van der Waals surface area contributed by atoms with Crippen LogP contribution in [0.25, 0.3) is 0 Å². The number of amides is 1. The number of alkyl halides is 1. The summed E-state index contributed by atoms with van der Waals surface area (Å²) < 4.78 is 19.3. The molecule has 0 bridgehead atoms. The fourth-order valence-corrected chi connectivity index (χ4v) is 4.92. The number of rotatable bonds is 5. The summed E-state index contributed by atoms with van der Waals surface area (Å²) in [5.74, 6) is 0.688. The average Bonchev–Trinajstić information content (AvgIpc) is 3.21. The van der Waals surface area contributed by atoms with E-state index in [9.17, 15) is 9.18 Å². The summed E-state index contributed by atoms with van der Waals surface area (Å²) in [7, 11) is 0. The van der Waals surface area contributed by atoms with Crippen LogP contribution >= 0.6 is 11.6 Å². The lowest BCUT2D eigenvalue weighted by molar-refractivity contribution is -0.135. The van der Waals surface area contributed by atoms with Crippen LogP contribution in [0.4, 0.5) is 4.39 Å². The third-order valence-corrected chi connectivity index (χ3v) is 6.80. The van der Waals surface area contributed by atoms with Crippen molar-refractivity contribution in [1.82, 2.24) is 15.2 Å². The largest absolute Gasteiger partial charge is 0.474 e. The van der Waals surface area contributed by atoms with Gasteiger partial charge in [0.2, 0.25) is 11.8 Å². The van der Waals surface area contributed by atoms with Gasteiger partial charge in [-0.3, -0.25) is 4.79 Å². The monoisotopic (exact) mass is 433 g/mol. The Labute approximate surface area is 182 Å². The lowest BCUT2D eigenvalue weighted by atomic mass is 9.83. The quantitative estimate of drug-likeness (QED) is 0.721. The number of aromatic nitrogens is 1. The second kappa shape index (κ2) is 9.48. The highest BCUT2D eigenvalue weighted by Gasteiger charge is 2.42. The Balaban J connectivity index is 1.51. The average molecular weight is 434 g/mol. The molecule has 4 atom stereocenters. The van der Waals surface area contributed by atoms with Crippen molar-refractivity contribution in [3.63, 3.8) is 0 Å². The van der Waals surface area contributed by atoms with Gasteiger partial charge in [0, 0.05) is 36.9 Å². The Morgan fingerprint density at radius 3 is 2.80 bits per heavy atom. The molecule has 7 heteroatoms. The number of carbonyl (C=O) groups excluding carboxylic acids is 1. The summed E-state index contributed by atoms with van der Waals surface area (Å²) in [6.45, 7) is 5.17. The van der Waals surface area contributed by atoms with Gasteiger partial charge in [-0.15, -0.1) is 11.6 Å². The number of nitrogens with one attached hydrogen (secondary N) is 1. The van der Waals surface area contributed by atoms with Gasteiger partial charge >= 0.3 is 0 Å². The number of likely N-dealkylation sites (tertiary alicyclic amines) is 1. The summed E-state index contributed by atoms with van der Waals surface area (Å²) in [6, 6.07) is 2.90. The van der Waals surface area contributed by atoms with Crippen LogP contribution in [0, 0.1) is 23.6 Å². The van der Waals surface area contributed by atoms with Crippen LogP contribution in [0.1, 0.15) is 26.2 Å². The van der Waals surface area contributed by atoms with Gasteiger partial charge in [-0.05, 0) is 50.9 Å². The number of hydrogen-bond donors (Lipinski definition) is 1. The summed E-state index contributed by atoms with van der Waals surface area (Å²) in [5, 5.41) is 3.35. The fraction of sp³-hybridized carbons (Fsp3) is 0.565. The summed E-state index contributed by atoms with van der Waals surface area (Å²) >= 11 is 6.22. The maximum absolute atomic E-state index is 13.2. The highest BCUT2D eigenvalue weighted by Crippen LogP contribution is 2.37. The van der Waals surface area contributed by atoms with Gasteiger partial charge in [0.05, 0.1) is 11.6 Å². The van der Waals surface area contributed by atoms with Crippen LogP contribution < -0.4 is 10.1 Å². The second-order valence-electron chi connectivity index (χ2n) is 8.49. The molecule has 1 aromatic heterocycles. The fourth-order valence-electron chi connectivity index (χ4n) is 4.76. The Morgan fingerprint density at radius 2 is 2.13 bits per heavy atom. The van der Waals surface area contributed by atoms with Crippen LogP contribution in [-0.2, 0) is 4.79 Å². The smallest absolute Gasteiger partial charge is 0.225 e. The molecule has 1 N–H and O–H groups in total. The molecule has 0 spiro atoms. The number of halogens is 2. The lowest BCUT2D eigenvalue weighted by Gasteiger charge is -2.27. The summed E-state index contributed by atoms with van der Waals surface area (Å²) in [4.78, 5) is 19.2. The van der Waals surface area contributed by atoms with Gasteiger partial charge in [-0.2, -0.15) is 0 Å². The van der Waals surface area contributed by atoms with Crippen molar-refractivity contribution in [3.05, 3.63) is 47.9 Å². The SMILES string of the molecule is C[C@H](Oc1ccc(F)cn1)C1CN(C(=O)C2CCNCC2)C[C@@H]1C1=CCC(Cl)C=C1. The molecule has 1 amide bonds. The van der Waals surface area contributed by atoms with Crippen molar-refractivity contribution in [1.29, 1.82) is 0 Å². The minimum Gasteiger partial charge on any atom is -0.474 e. The molecule has 162 valence electrons. The van der Waals surface area contributed by atoms with E-state index in [0.29, 0.717) is 19.0 Å². The minimum atomic E-state index is -0.388. The van der Waals surface area contributed by atoms with E-state index in [1.807, 2.05) is 17.9 Å². The van der Waals surface area contributed by atoms with E-state index in [1.165, 1.54) is 11.6 Å². The Kier molecular flexibility index (Phi) is 6.74. The van der Waals surface area contributed by atoms with E-state index in [0.717, 1.165) is 38.5 Å². The Morgan fingerprint density at radius 1 is 1.33 bits per heavy atom. The number of nitrogens with zero attached hydrogens (tertiary/aromatic N) is 2. The van der Waals surface area contributed by atoms with Crippen molar-refractivity contribution in [2.45, 2.75) is 37.7 Å². The minimum absolute atomic E-state index is 0.0261. The van der Waals surface area contributed by atoms with E-state index in [4.69, 9.17) is 16.3 Å². The van der Waals surface area contributed by atoms with E-state index >= 15 is 0 Å². The number of allylic oxidation sites excluding steroid dienone is 3. The van der Waals surface area contributed by atoms with Crippen LogP contribution in [0.5, 0.6) is 5.88 Å². The number of pyridine rings is 1. The third kappa shape index (κ3) is 4.86. The molecule has 0 aromatic carbocycles. The third-order valence-electron chi connectivity index (χ3n) is 6.48. The zero-order valence-corrected chi connectivity index (χ0v) is 18.0. The molecule has 1 aromatic rings. The molecule has 2 fully saturated rings. The molecule has 2 unspecified atom stereocenters. The molecule has 2 saturated heterocycles. The first-order chi connectivity index (χ1) is 14.5. The standard InChI is InChI=1S/C23H29ClFN3O2/c1-15(30-22-7-6-19(25)12-27-22)20-13-28(23(29)17-8-10-26-11-9-17)14-21(20)16-2-4-18(24)5-3-16/h2-4,6-7,12,15,17-18,20-21,26H,5,8-11,13-14H2,1H3/t15-,18?,20?,21+/m0/s1. The molecule has 0 saturated carbocycles. The molecule has 3 aliphatic rings.